The first-order chi connectivity index (χ1) is 19.8. The van der Waals surface area contributed by atoms with E-state index in [1.165, 1.54) is 0 Å². The van der Waals surface area contributed by atoms with Gasteiger partial charge in [-0.25, -0.2) is 0 Å². The third-order valence-electron chi connectivity index (χ3n) is 8.66. The van der Waals surface area contributed by atoms with E-state index in [0.29, 0.717) is 32.8 Å². The average molecular weight is 615 g/mol. The Morgan fingerprint density at radius 2 is 1.71 bits per heavy atom. The summed E-state index contributed by atoms with van der Waals surface area (Å²) in [4.78, 5) is 45.0. The molecule has 0 unspecified atom stereocenters. The van der Waals surface area contributed by atoms with Crippen LogP contribution in [0.25, 0.3) is 0 Å². The average Bonchev–Trinajstić information content (AvgIpc) is 3.19. The van der Waals surface area contributed by atoms with Crippen molar-refractivity contribution in [1.82, 2.24) is 10.2 Å². The van der Waals surface area contributed by atoms with Crippen LogP contribution in [0.2, 0.25) is 10.0 Å². The Kier molecular flexibility index (Phi) is 10.0. The molecule has 1 saturated carbocycles. The quantitative estimate of drug-likeness (QED) is 0.287. The SMILES string of the molecule is CCCC[C@H](c1ccc(C(=O)NCCC(=O)O)cc1)N1C(=O)C(c2cc(Cl)cc(Cl)c2)=NC12CCC(C(C)(C)C)CC2. The molecule has 0 aromatic heterocycles. The molecule has 2 aromatic rings. The van der Waals surface area contributed by atoms with Crippen molar-refractivity contribution in [2.75, 3.05) is 6.54 Å². The Morgan fingerprint density at radius 1 is 1.10 bits per heavy atom. The molecular weight excluding hydrogens is 573 g/mol. The lowest BCUT2D eigenvalue weighted by Gasteiger charge is -2.47. The van der Waals surface area contributed by atoms with E-state index in [2.05, 4.69) is 33.0 Å². The molecule has 4 rings (SSSR count). The van der Waals surface area contributed by atoms with Crippen molar-refractivity contribution >= 4 is 46.7 Å². The Hall–Kier alpha value is -2.90. The summed E-state index contributed by atoms with van der Waals surface area (Å²) in [6, 6.07) is 12.2. The molecule has 1 aliphatic carbocycles. The van der Waals surface area contributed by atoms with E-state index in [-0.39, 0.29) is 36.2 Å². The minimum atomic E-state index is -0.966. The number of hydrogen-bond acceptors (Lipinski definition) is 4. The zero-order chi connectivity index (χ0) is 30.7. The van der Waals surface area contributed by atoms with Crippen molar-refractivity contribution in [2.24, 2.45) is 16.3 Å². The lowest BCUT2D eigenvalue weighted by atomic mass is 9.69. The molecule has 1 atom stereocenters. The number of carboxylic acid groups (broad SMARTS) is 1. The molecule has 1 aliphatic heterocycles. The van der Waals surface area contributed by atoms with Gasteiger partial charge in [-0.2, -0.15) is 0 Å². The zero-order valence-electron chi connectivity index (χ0n) is 24.9. The molecule has 2 amide bonds. The van der Waals surface area contributed by atoms with E-state index < -0.39 is 11.6 Å². The van der Waals surface area contributed by atoms with Gasteiger partial charge in [-0.1, -0.05) is 75.9 Å². The summed E-state index contributed by atoms with van der Waals surface area (Å²) in [6.07, 6.45) is 5.99. The van der Waals surface area contributed by atoms with Crippen LogP contribution in [0, 0.1) is 11.3 Å². The third kappa shape index (κ3) is 7.17. The number of amides is 2. The predicted octanol–water partition coefficient (Wildman–Crippen LogP) is 7.69. The third-order valence-corrected chi connectivity index (χ3v) is 9.10. The molecule has 42 heavy (non-hydrogen) atoms. The van der Waals surface area contributed by atoms with Gasteiger partial charge in [0, 0.05) is 27.7 Å². The molecule has 9 heteroatoms. The number of carboxylic acids is 1. The second-order valence-electron chi connectivity index (χ2n) is 12.6. The fraction of sp³-hybridized carbons (Fsp3) is 0.515. The second kappa shape index (κ2) is 13.2. The van der Waals surface area contributed by atoms with E-state index in [1.807, 2.05) is 17.0 Å². The van der Waals surface area contributed by atoms with Crippen molar-refractivity contribution in [3.05, 3.63) is 69.2 Å². The Morgan fingerprint density at radius 3 is 2.26 bits per heavy atom. The summed E-state index contributed by atoms with van der Waals surface area (Å²) in [6.45, 7) is 9.02. The van der Waals surface area contributed by atoms with Crippen molar-refractivity contribution in [3.8, 4) is 0 Å². The number of carbonyl (C=O) groups is 3. The van der Waals surface area contributed by atoms with Gasteiger partial charge in [-0.15, -0.1) is 0 Å². The van der Waals surface area contributed by atoms with Gasteiger partial charge in [0.05, 0.1) is 12.5 Å². The van der Waals surface area contributed by atoms with Gasteiger partial charge < -0.3 is 15.3 Å². The minimum absolute atomic E-state index is 0.0586. The summed E-state index contributed by atoms with van der Waals surface area (Å²) < 4.78 is 0. The largest absolute Gasteiger partial charge is 0.481 e. The predicted molar refractivity (Wildman–Crippen MR) is 167 cm³/mol. The lowest BCUT2D eigenvalue weighted by Crippen LogP contribution is -2.51. The molecule has 1 spiro atoms. The molecule has 2 aliphatic rings. The summed E-state index contributed by atoms with van der Waals surface area (Å²) in [5.74, 6) is -0.885. The highest BCUT2D eigenvalue weighted by Crippen LogP contribution is 2.50. The summed E-state index contributed by atoms with van der Waals surface area (Å²) >= 11 is 12.7. The van der Waals surface area contributed by atoms with E-state index in [0.717, 1.165) is 50.5 Å². The standard InChI is InChI=1S/C33H41Cl2N3O4/c1-5-6-7-27(21-8-10-22(11-9-21)30(41)36-17-14-28(39)40)38-31(42)29(23-18-25(34)20-26(35)19-23)37-33(38)15-12-24(13-16-33)32(2,3)4/h8-11,18-20,24,27H,5-7,12-17H2,1-4H3,(H,36,41)(H,39,40)/t24?,27-,33?/m1/s1. The number of aliphatic imine (C=N–C) groups is 1. The van der Waals surface area contributed by atoms with Crippen molar-refractivity contribution in [3.63, 3.8) is 0 Å². The van der Waals surface area contributed by atoms with Gasteiger partial charge >= 0.3 is 5.97 Å². The van der Waals surface area contributed by atoms with Crippen LogP contribution in [0.4, 0.5) is 0 Å². The van der Waals surface area contributed by atoms with Crippen LogP contribution in [-0.2, 0) is 9.59 Å². The van der Waals surface area contributed by atoms with E-state index in [9.17, 15) is 14.4 Å². The molecule has 226 valence electrons. The highest BCUT2D eigenvalue weighted by molar-refractivity contribution is 6.47. The number of aliphatic carboxylic acids is 1. The molecule has 1 fully saturated rings. The molecule has 2 aromatic carbocycles. The number of nitrogens with zero attached hydrogens (tertiary/aromatic N) is 2. The Labute approximate surface area is 258 Å². The van der Waals surface area contributed by atoms with E-state index in [1.54, 1.807) is 30.3 Å². The number of halogens is 2. The maximum Gasteiger partial charge on any atom is 0.305 e. The number of carbonyl (C=O) groups excluding carboxylic acids is 2. The van der Waals surface area contributed by atoms with Gasteiger partial charge in [0.25, 0.3) is 11.8 Å². The summed E-state index contributed by atoms with van der Waals surface area (Å²) in [5, 5.41) is 12.4. The fourth-order valence-corrected chi connectivity index (χ4v) is 6.83. The summed E-state index contributed by atoms with van der Waals surface area (Å²) in [5.41, 5.74) is 1.90. The highest BCUT2D eigenvalue weighted by atomic mass is 35.5. The van der Waals surface area contributed by atoms with E-state index >= 15 is 0 Å². The molecule has 0 radical (unpaired) electrons. The van der Waals surface area contributed by atoms with Crippen molar-refractivity contribution in [1.29, 1.82) is 0 Å². The number of unbranched alkanes of at least 4 members (excludes halogenated alkanes) is 1. The number of hydrogen-bond donors (Lipinski definition) is 2. The zero-order valence-corrected chi connectivity index (χ0v) is 26.4. The highest BCUT2D eigenvalue weighted by Gasteiger charge is 2.52. The van der Waals surface area contributed by atoms with Gasteiger partial charge in [0.2, 0.25) is 0 Å². The Balaban J connectivity index is 1.71. The number of rotatable bonds is 10. The molecule has 0 bridgehead atoms. The van der Waals surface area contributed by atoms with Gasteiger partial charge in [-0.3, -0.25) is 19.4 Å². The van der Waals surface area contributed by atoms with Crippen molar-refractivity contribution < 1.29 is 19.5 Å². The Bertz CT molecular complexity index is 1320. The molecule has 0 saturated heterocycles. The van der Waals surface area contributed by atoms with Crippen LogP contribution in [0.3, 0.4) is 0 Å². The maximum absolute atomic E-state index is 14.4. The van der Waals surface area contributed by atoms with E-state index in [4.69, 9.17) is 33.3 Å². The normalized spacial score (nSPS) is 21.4. The van der Waals surface area contributed by atoms with Crippen LogP contribution >= 0.6 is 23.2 Å². The van der Waals surface area contributed by atoms with Gasteiger partial charge in [-0.05, 0) is 79.3 Å². The van der Waals surface area contributed by atoms with Crippen LogP contribution in [0.5, 0.6) is 0 Å². The number of nitrogens with one attached hydrogen (secondary N) is 1. The van der Waals surface area contributed by atoms with Crippen molar-refractivity contribution in [2.45, 2.75) is 90.8 Å². The van der Waals surface area contributed by atoms with Gasteiger partial charge in [0.1, 0.15) is 11.4 Å². The number of benzene rings is 2. The van der Waals surface area contributed by atoms with Gasteiger partial charge in [0.15, 0.2) is 0 Å². The first-order valence-electron chi connectivity index (χ1n) is 14.8. The first kappa shape index (κ1) is 32.0. The second-order valence-corrected chi connectivity index (χ2v) is 13.5. The smallest absolute Gasteiger partial charge is 0.305 e. The lowest BCUT2D eigenvalue weighted by molar-refractivity contribution is -0.137. The van der Waals surface area contributed by atoms with Crippen LogP contribution in [-0.4, -0.2) is 45.7 Å². The van der Waals surface area contributed by atoms with Crippen LogP contribution in [0.15, 0.2) is 47.5 Å². The molecule has 7 nitrogen and oxygen atoms in total. The molecular formula is C33H41Cl2N3O4. The molecule has 2 N–H and O–H groups in total. The maximum atomic E-state index is 14.4. The summed E-state index contributed by atoms with van der Waals surface area (Å²) in [7, 11) is 0. The van der Waals surface area contributed by atoms with Crippen LogP contribution < -0.4 is 5.32 Å². The fourth-order valence-electron chi connectivity index (χ4n) is 6.31. The first-order valence-corrected chi connectivity index (χ1v) is 15.6. The van der Waals surface area contributed by atoms with Crippen LogP contribution in [0.1, 0.15) is 107 Å². The molecule has 1 heterocycles. The minimum Gasteiger partial charge on any atom is -0.481 e. The monoisotopic (exact) mass is 613 g/mol. The topological polar surface area (TPSA) is 99.1 Å².